The van der Waals surface area contributed by atoms with Crippen LogP contribution in [0.4, 0.5) is 15.0 Å². The Balaban J connectivity index is 1.58. The summed E-state index contributed by atoms with van der Waals surface area (Å²) in [4.78, 5) is 33.1. The fourth-order valence-corrected chi connectivity index (χ4v) is 4.44. The van der Waals surface area contributed by atoms with Crippen LogP contribution >= 0.6 is 0 Å². The Morgan fingerprint density at radius 2 is 2.00 bits per heavy atom. The Bertz CT molecular complexity index is 691. The number of rotatable bonds is 2. The van der Waals surface area contributed by atoms with Crippen LogP contribution in [0.3, 0.4) is 0 Å². The summed E-state index contributed by atoms with van der Waals surface area (Å²) in [5.74, 6) is -0.300. The zero-order valence-corrected chi connectivity index (χ0v) is 14.2. The van der Waals surface area contributed by atoms with Crippen LogP contribution in [0.5, 0.6) is 0 Å². The topological polar surface area (TPSA) is 65.5 Å². The molecule has 0 radical (unpaired) electrons. The standard InChI is InChI=1S/C18H23FN4O2/c19-14-8-4-10-20-15(14)22-11-5-9-18(12-22)16(24)23(17(25)21-18)13-6-2-1-3-7-13/h4,8,10,13H,1-3,5-7,9,11-12H2,(H,21,25). The molecule has 2 aliphatic heterocycles. The summed E-state index contributed by atoms with van der Waals surface area (Å²) in [6.45, 7) is 0.900. The molecule has 7 heteroatoms. The summed E-state index contributed by atoms with van der Waals surface area (Å²) in [6, 6.07) is 2.63. The molecule has 0 aromatic carbocycles. The molecule has 2 saturated heterocycles. The number of amides is 3. The highest BCUT2D eigenvalue weighted by Gasteiger charge is 2.55. The van der Waals surface area contributed by atoms with Gasteiger partial charge in [0, 0.05) is 18.8 Å². The van der Waals surface area contributed by atoms with E-state index in [2.05, 4.69) is 10.3 Å². The third kappa shape index (κ3) is 2.75. The number of piperidine rings is 1. The number of halogens is 1. The number of nitrogens with zero attached hydrogens (tertiary/aromatic N) is 3. The number of hydrogen-bond donors (Lipinski definition) is 1. The zero-order chi connectivity index (χ0) is 17.4. The van der Waals surface area contributed by atoms with E-state index >= 15 is 0 Å². The van der Waals surface area contributed by atoms with Crippen molar-refractivity contribution < 1.29 is 14.0 Å². The van der Waals surface area contributed by atoms with Gasteiger partial charge in [0.1, 0.15) is 5.54 Å². The predicted molar refractivity (Wildman–Crippen MR) is 90.6 cm³/mol. The summed E-state index contributed by atoms with van der Waals surface area (Å²) in [5.41, 5.74) is -0.948. The fourth-order valence-electron chi connectivity index (χ4n) is 4.44. The molecule has 3 amide bonds. The molecule has 25 heavy (non-hydrogen) atoms. The van der Waals surface area contributed by atoms with Crippen LogP contribution < -0.4 is 10.2 Å². The van der Waals surface area contributed by atoms with E-state index in [1.165, 1.54) is 11.0 Å². The first-order chi connectivity index (χ1) is 12.1. The average Bonchev–Trinajstić information content (AvgIpc) is 2.86. The van der Waals surface area contributed by atoms with Crippen molar-refractivity contribution in [2.24, 2.45) is 0 Å². The summed E-state index contributed by atoms with van der Waals surface area (Å²) >= 11 is 0. The number of anilines is 1. The molecule has 6 nitrogen and oxygen atoms in total. The second-order valence-corrected chi connectivity index (χ2v) is 7.31. The summed E-state index contributed by atoms with van der Waals surface area (Å²) < 4.78 is 14.1. The van der Waals surface area contributed by atoms with Crippen molar-refractivity contribution >= 4 is 17.8 Å². The monoisotopic (exact) mass is 346 g/mol. The fraction of sp³-hybridized carbons (Fsp3) is 0.611. The van der Waals surface area contributed by atoms with Crippen LogP contribution in [0.25, 0.3) is 0 Å². The molecular formula is C18H23FN4O2. The molecule has 1 aromatic rings. The normalized spacial score (nSPS) is 27.9. The molecule has 1 atom stereocenters. The number of hydrogen-bond acceptors (Lipinski definition) is 4. The Labute approximate surface area is 146 Å². The third-order valence-electron chi connectivity index (χ3n) is 5.66. The van der Waals surface area contributed by atoms with Gasteiger partial charge in [-0.3, -0.25) is 9.69 Å². The van der Waals surface area contributed by atoms with Crippen LogP contribution in [-0.4, -0.2) is 46.5 Å². The van der Waals surface area contributed by atoms with Crippen LogP contribution in [0.1, 0.15) is 44.9 Å². The number of aromatic nitrogens is 1. The summed E-state index contributed by atoms with van der Waals surface area (Å²) in [7, 11) is 0. The van der Waals surface area contributed by atoms with Crippen molar-refractivity contribution in [1.29, 1.82) is 0 Å². The molecule has 3 fully saturated rings. The number of urea groups is 1. The third-order valence-corrected chi connectivity index (χ3v) is 5.66. The first kappa shape index (κ1) is 16.3. The molecule has 1 N–H and O–H groups in total. The van der Waals surface area contributed by atoms with Crippen LogP contribution in [0.2, 0.25) is 0 Å². The molecule has 1 saturated carbocycles. The largest absolute Gasteiger partial charge is 0.351 e. The average molecular weight is 346 g/mol. The van der Waals surface area contributed by atoms with E-state index in [4.69, 9.17) is 0 Å². The highest BCUT2D eigenvalue weighted by molar-refractivity contribution is 6.07. The Morgan fingerprint density at radius 1 is 1.20 bits per heavy atom. The molecule has 1 aromatic heterocycles. The highest BCUT2D eigenvalue weighted by atomic mass is 19.1. The smallest absolute Gasteiger partial charge is 0.325 e. The second-order valence-electron chi connectivity index (χ2n) is 7.31. The van der Waals surface area contributed by atoms with Gasteiger partial charge in [-0.2, -0.15) is 0 Å². The molecule has 1 spiro atoms. The van der Waals surface area contributed by atoms with Gasteiger partial charge >= 0.3 is 6.03 Å². The number of carbonyl (C=O) groups excluding carboxylic acids is 2. The van der Waals surface area contributed by atoms with E-state index in [1.54, 1.807) is 17.2 Å². The van der Waals surface area contributed by atoms with E-state index in [1.807, 2.05) is 0 Å². The zero-order valence-electron chi connectivity index (χ0n) is 14.2. The maximum Gasteiger partial charge on any atom is 0.325 e. The number of nitrogens with one attached hydrogen (secondary N) is 1. The molecule has 3 aliphatic rings. The minimum atomic E-state index is -0.948. The minimum Gasteiger partial charge on any atom is -0.351 e. The second kappa shape index (κ2) is 6.28. The van der Waals surface area contributed by atoms with Gasteiger partial charge in [-0.1, -0.05) is 19.3 Å². The van der Waals surface area contributed by atoms with E-state index in [0.29, 0.717) is 19.4 Å². The van der Waals surface area contributed by atoms with Crippen LogP contribution in [0.15, 0.2) is 18.3 Å². The molecule has 134 valence electrons. The van der Waals surface area contributed by atoms with Crippen molar-refractivity contribution in [3.8, 4) is 0 Å². The first-order valence-corrected chi connectivity index (χ1v) is 9.12. The lowest BCUT2D eigenvalue weighted by molar-refractivity contribution is -0.133. The minimum absolute atomic E-state index is 0.00240. The predicted octanol–water partition coefficient (Wildman–Crippen LogP) is 2.44. The SMILES string of the molecule is O=C1NC2(CCCN(c3ncccc3F)C2)C(=O)N1C1CCCCC1. The lowest BCUT2D eigenvalue weighted by atomic mass is 9.87. The number of imide groups is 1. The highest BCUT2D eigenvalue weighted by Crippen LogP contribution is 2.34. The molecule has 3 heterocycles. The van der Waals surface area contributed by atoms with E-state index in [9.17, 15) is 14.0 Å². The van der Waals surface area contributed by atoms with Crippen LogP contribution in [0, 0.1) is 5.82 Å². The Morgan fingerprint density at radius 3 is 2.76 bits per heavy atom. The van der Waals surface area contributed by atoms with Gasteiger partial charge in [0.15, 0.2) is 11.6 Å². The van der Waals surface area contributed by atoms with Crippen LogP contribution in [-0.2, 0) is 4.79 Å². The molecule has 0 bridgehead atoms. The van der Waals surface area contributed by atoms with E-state index in [-0.39, 0.29) is 30.3 Å². The number of carbonyl (C=O) groups is 2. The molecule has 1 unspecified atom stereocenters. The van der Waals surface area contributed by atoms with Gasteiger partial charge in [-0.15, -0.1) is 0 Å². The van der Waals surface area contributed by atoms with Crippen molar-refractivity contribution in [2.75, 3.05) is 18.0 Å². The summed E-state index contributed by atoms with van der Waals surface area (Å²) in [5, 5.41) is 2.93. The van der Waals surface area contributed by atoms with Crippen molar-refractivity contribution in [2.45, 2.75) is 56.5 Å². The summed E-state index contributed by atoms with van der Waals surface area (Å²) in [6.07, 6.45) is 7.88. The van der Waals surface area contributed by atoms with Gasteiger partial charge in [0.05, 0.1) is 6.54 Å². The first-order valence-electron chi connectivity index (χ1n) is 9.12. The molecule has 4 rings (SSSR count). The van der Waals surface area contributed by atoms with Gasteiger partial charge in [-0.05, 0) is 37.8 Å². The van der Waals surface area contributed by atoms with Crippen molar-refractivity contribution in [1.82, 2.24) is 15.2 Å². The van der Waals surface area contributed by atoms with Gasteiger partial charge in [0.25, 0.3) is 5.91 Å². The Kier molecular flexibility index (Phi) is 4.09. The lowest BCUT2D eigenvalue weighted by Gasteiger charge is -2.39. The molecular weight excluding hydrogens is 323 g/mol. The maximum absolute atomic E-state index is 14.1. The van der Waals surface area contributed by atoms with E-state index in [0.717, 1.165) is 32.1 Å². The molecule has 1 aliphatic carbocycles. The van der Waals surface area contributed by atoms with Crippen molar-refractivity contribution in [3.63, 3.8) is 0 Å². The maximum atomic E-state index is 14.1. The lowest BCUT2D eigenvalue weighted by Crippen LogP contribution is -2.59. The van der Waals surface area contributed by atoms with E-state index < -0.39 is 11.4 Å². The van der Waals surface area contributed by atoms with Gasteiger partial charge in [0.2, 0.25) is 0 Å². The van der Waals surface area contributed by atoms with Gasteiger partial charge in [-0.25, -0.2) is 14.2 Å². The van der Waals surface area contributed by atoms with Crippen molar-refractivity contribution in [3.05, 3.63) is 24.1 Å². The Hall–Kier alpha value is -2.18. The van der Waals surface area contributed by atoms with Gasteiger partial charge < -0.3 is 10.2 Å². The quantitative estimate of drug-likeness (QED) is 0.836. The number of pyridine rings is 1.